The second kappa shape index (κ2) is 13.0. The first-order valence-corrected chi connectivity index (χ1v) is 17.7. The Balaban J connectivity index is 1.24. The summed E-state index contributed by atoms with van der Waals surface area (Å²) < 4.78 is 126. The number of para-hydroxylation sites is 2. The molecule has 11 rings (SSSR count). The summed E-state index contributed by atoms with van der Waals surface area (Å²) in [6.45, 7) is 0. The molecule has 0 saturated carbocycles. The minimum atomic E-state index is -0.760. The third-order valence-electron chi connectivity index (χ3n) is 9.82. The molecule has 56 heavy (non-hydrogen) atoms. The maximum atomic E-state index is 9.32. The lowest BCUT2D eigenvalue weighted by Crippen LogP contribution is -2.06. The zero-order valence-corrected chi connectivity index (χ0v) is 29.2. The minimum Gasteiger partial charge on any atom is -0.309 e. The Morgan fingerprint density at radius 3 is 1.54 bits per heavy atom. The fraction of sp³-hybridized carbons (Fsp3) is 0. The summed E-state index contributed by atoms with van der Waals surface area (Å²) in [6, 6.07) is 28.0. The SMILES string of the molecule is [2H]c1c([2H])c([2H])c(-c2nc(-c3c([2H])c([2H])c(-c4c([2H])c([2H])c([2H])c([2H])c4[2H])c([2H])c3[2H])nc(-n3c4ccccc4c4cc5c6ccccc6n(-c6cccc(-c7ccccc7)c6)c5cc43)n2)c([2H])c1[2H]. The molecule has 262 valence electrons. The molecule has 0 fully saturated rings. The van der Waals surface area contributed by atoms with Crippen LogP contribution < -0.4 is 0 Å². The van der Waals surface area contributed by atoms with E-state index in [-0.39, 0.29) is 5.95 Å². The Morgan fingerprint density at radius 2 is 0.857 bits per heavy atom. The van der Waals surface area contributed by atoms with E-state index in [0.29, 0.717) is 11.0 Å². The van der Waals surface area contributed by atoms with Crippen molar-refractivity contribution in [2.24, 2.45) is 0 Å². The lowest BCUT2D eigenvalue weighted by Gasteiger charge is -2.12. The average Bonchev–Trinajstić information content (AvgIpc) is 3.88. The quantitative estimate of drug-likeness (QED) is 0.171. The zero-order chi connectivity index (χ0) is 49.2. The van der Waals surface area contributed by atoms with Gasteiger partial charge in [0.2, 0.25) is 5.95 Å². The molecule has 0 spiro atoms. The molecule has 0 bridgehead atoms. The van der Waals surface area contributed by atoms with Crippen LogP contribution in [0.15, 0.2) is 200 Å². The van der Waals surface area contributed by atoms with Crippen molar-refractivity contribution >= 4 is 43.6 Å². The number of nitrogens with zero attached hydrogens (tertiary/aromatic N) is 5. The van der Waals surface area contributed by atoms with Crippen LogP contribution >= 0.6 is 0 Å². The molecule has 0 N–H and O–H groups in total. The average molecular weight is 730 g/mol. The van der Waals surface area contributed by atoms with E-state index in [1.54, 1.807) is 4.57 Å². The van der Waals surface area contributed by atoms with Gasteiger partial charge < -0.3 is 4.57 Å². The molecule has 0 unspecified atom stereocenters. The third-order valence-corrected chi connectivity index (χ3v) is 9.82. The van der Waals surface area contributed by atoms with Gasteiger partial charge in [-0.15, -0.1) is 0 Å². The molecule has 3 heterocycles. The van der Waals surface area contributed by atoms with Crippen molar-refractivity contribution in [3.8, 4) is 56.7 Å². The van der Waals surface area contributed by atoms with E-state index in [2.05, 4.69) is 33.8 Å². The van der Waals surface area contributed by atoms with Crippen molar-refractivity contribution in [3.05, 3.63) is 200 Å². The lowest BCUT2D eigenvalue weighted by molar-refractivity contribution is 0.953. The van der Waals surface area contributed by atoms with Crippen LogP contribution in [-0.4, -0.2) is 24.1 Å². The van der Waals surface area contributed by atoms with Gasteiger partial charge in [0, 0.05) is 38.4 Å². The topological polar surface area (TPSA) is 48.5 Å². The van der Waals surface area contributed by atoms with Crippen molar-refractivity contribution in [2.45, 2.75) is 0 Å². The Morgan fingerprint density at radius 1 is 0.339 bits per heavy atom. The highest BCUT2D eigenvalue weighted by atomic mass is 15.2. The molecule has 5 heteroatoms. The lowest BCUT2D eigenvalue weighted by atomic mass is 10.0. The van der Waals surface area contributed by atoms with Gasteiger partial charge in [0.1, 0.15) is 0 Å². The fourth-order valence-electron chi connectivity index (χ4n) is 7.35. The number of rotatable bonds is 6. The van der Waals surface area contributed by atoms with Crippen LogP contribution in [0.1, 0.15) is 19.2 Å². The molecule has 0 saturated heterocycles. The van der Waals surface area contributed by atoms with Gasteiger partial charge in [0.25, 0.3) is 0 Å². The smallest absolute Gasteiger partial charge is 0.238 e. The second-order valence-corrected chi connectivity index (χ2v) is 13.0. The van der Waals surface area contributed by atoms with Gasteiger partial charge in [-0.25, -0.2) is 4.98 Å². The minimum absolute atomic E-state index is 0.155. The van der Waals surface area contributed by atoms with Crippen LogP contribution in [0.25, 0.3) is 100 Å². The highest BCUT2D eigenvalue weighted by Gasteiger charge is 2.21. The van der Waals surface area contributed by atoms with Crippen LogP contribution in [0.3, 0.4) is 0 Å². The van der Waals surface area contributed by atoms with E-state index in [1.807, 2.05) is 91.0 Å². The highest BCUT2D eigenvalue weighted by Crippen LogP contribution is 2.40. The second-order valence-electron chi connectivity index (χ2n) is 13.0. The highest BCUT2D eigenvalue weighted by molar-refractivity contribution is 6.19. The predicted molar refractivity (Wildman–Crippen MR) is 230 cm³/mol. The van der Waals surface area contributed by atoms with E-state index >= 15 is 0 Å². The van der Waals surface area contributed by atoms with Crippen molar-refractivity contribution in [1.29, 1.82) is 0 Å². The van der Waals surface area contributed by atoms with Gasteiger partial charge in [-0.1, -0.05) is 163 Å². The summed E-state index contributed by atoms with van der Waals surface area (Å²) in [7, 11) is 0. The summed E-state index contributed by atoms with van der Waals surface area (Å²) in [5, 5.41) is 3.49. The van der Waals surface area contributed by atoms with E-state index in [4.69, 9.17) is 26.4 Å². The molecule has 0 atom stereocenters. The molecule has 5 nitrogen and oxygen atoms in total. The van der Waals surface area contributed by atoms with E-state index in [9.17, 15) is 2.74 Å². The first kappa shape index (κ1) is 20.7. The number of benzene rings is 8. The largest absolute Gasteiger partial charge is 0.309 e. The van der Waals surface area contributed by atoms with Gasteiger partial charge in [0.15, 0.2) is 11.6 Å². The standard InChI is InChI=1S/C51H33N5/c1-4-15-34(16-5-1)36-27-29-38(30-28-36)50-52-49(37-19-8-3-9-20-37)53-51(54-50)56-46-26-13-11-24-42(46)44-32-43-41-23-10-12-25-45(41)55(47(43)33-48(44)56)40-22-14-21-39(31-40)35-17-6-2-7-18-35/h1-33H/i1D,3D,4D,5D,8D,9D,15D,16D,19D,20D,27D,28D,29D,30D. The van der Waals surface area contributed by atoms with Gasteiger partial charge in [-0.3, -0.25) is 4.57 Å². The maximum absolute atomic E-state index is 9.32. The van der Waals surface area contributed by atoms with Gasteiger partial charge >= 0.3 is 0 Å². The number of aromatic nitrogens is 5. The van der Waals surface area contributed by atoms with Crippen molar-refractivity contribution in [1.82, 2.24) is 24.1 Å². The molecule has 0 aliphatic rings. The summed E-state index contributed by atoms with van der Waals surface area (Å²) in [5.74, 6) is -1.05. The third kappa shape index (κ3) is 5.29. The van der Waals surface area contributed by atoms with Crippen molar-refractivity contribution in [2.75, 3.05) is 0 Å². The Bertz CT molecular complexity index is 3990. The molecule has 11 aromatic rings. The predicted octanol–water partition coefficient (Wildman–Crippen LogP) is 12.7. The van der Waals surface area contributed by atoms with Crippen molar-refractivity contribution < 1.29 is 19.2 Å². The van der Waals surface area contributed by atoms with Crippen LogP contribution in [-0.2, 0) is 0 Å². The van der Waals surface area contributed by atoms with E-state index in [0.717, 1.165) is 49.4 Å². The normalized spacial score (nSPS) is 15.1. The summed E-state index contributed by atoms with van der Waals surface area (Å²) in [6.07, 6.45) is 0. The molecule has 0 amide bonds. The number of fused-ring (bicyclic) bond motifs is 6. The molecule has 3 aromatic heterocycles. The summed E-state index contributed by atoms with van der Waals surface area (Å²) in [5.41, 5.74) is 3.87. The van der Waals surface area contributed by atoms with Gasteiger partial charge in [0.05, 0.1) is 41.3 Å². The van der Waals surface area contributed by atoms with Crippen LogP contribution in [0.5, 0.6) is 0 Å². The molecule has 0 aliphatic carbocycles. The fourth-order valence-corrected chi connectivity index (χ4v) is 7.35. The van der Waals surface area contributed by atoms with E-state index in [1.165, 1.54) is 0 Å². The Labute approximate surface area is 343 Å². The Hall–Kier alpha value is -7.63. The Kier molecular flexibility index (Phi) is 4.83. The maximum Gasteiger partial charge on any atom is 0.238 e. The molecule has 0 radical (unpaired) electrons. The summed E-state index contributed by atoms with van der Waals surface area (Å²) >= 11 is 0. The number of hydrogen-bond donors (Lipinski definition) is 0. The first-order valence-electron chi connectivity index (χ1n) is 24.7. The first-order chi connectivity index (χ1) is 33.6. The molecular weight excluding hydrogens is 683 g/mol. The molecular formula is C51H33N5. The van der Waals surface area contributed by atoms with Crippen LogP contribution in [0, 0.1) is 0 Å². The molecule has 8 aromatic carbocycles. The summed E-state index contributed by atoms with van der Waals surface area (Å²) in [4.78, 5) is 14.2. The monoisotopic (exact) mass is 729 g/mol. The van der Waals surface area contributed by atoms with Crippen LogP contribution in [0.4, 0.5) is 0 Å². The molecule has 0 aliphatic heterocycles. The van der Waals surface area contributed by atoms with Crippen molar-refractivity contribution in [3.63, 3.8) is 0 Å². The van der Waals surface area contributed by atoms with E-state index < -0.39 is 118 Å². The zero-order valence-electron chi connectivity index (χ0n) is 43.2. The van der Waals surface area contributed by atoms with Crippen LogP contribution in [0.2, 0.25) is 0 Å². The van der Waals surface area contributed by atoms with Gasteiger partial charge in [-0.05, 0) is 58.7 Å². The van der Waals surface area contributed by atoms with Gasteiger partial charge in [-0.2, -0.15) is 9.97 Å². The number of hydrogen-bond acceptors (Lipinski definition) is 3.